The fourth-order valence-corrected chi connectivity index (χ4v) is 0. The van der Waals surface area contributed by atoms with Crippen LogP contribution in [0.1, 0.15) is 13.8 Å². The molecule has 0 amide bonds. The molecule has 0 unspecified atom stereocenters. The van der Waals surface area contributed by atoms with Gasteiger partial charge in [-0.3, -0.25) is 0 Å². The fraction of sp³-hybridized carbons (Fsp3) is 1.00. The molecule has 0 heterocycles. The normalized spacial score (nSPS) is 11.2. The molecule has 0 aliphatic heterocycles. The molecule has 0 saturated heterocycles. The van der Waals surface area contributed by atoms with Gasteiger partial charge in [-0.1, -0.05) is 11.6 Å². The number of nitroso groups, excluding NO2 is 1. The standard InChI is InChI=1S/C3H6ClNO/c1-3(2,4)5-6/h1-2H3. The largest absolute Gasteiger partial charge is 0.170 e. The number of rotatable bonds is 1. The van der Waals surface area contributed by atoms with Crippen molar-refractivity contribution >= 4 is 11.6 Å². The Morgan fingerprint density at radius 2 is 1.83 bits per heavy atom. The molecule has 0 aromatic carbocycles. The molecule has 0 radical (unpaired) electrons. The lowest BCUT2D eigenvalue weighted by Crippen LogP contribution is -2.01. The highest BCUT2D eigenvalue weighted by atomic mass is 35.5. The third kappa shape index (κ3) is 3.89. The zero-order chi connectivity index (χ0) is 5.21. The highest BCUT2D eigenvalue weighted by Crippen LogP contribution is 2.11. The number of hydrogen-bond donors (Lipinski definition) is 0. The van der Waals surface area contributed by atoms with E-state index in [1.54, 1.807) is 0 Å². The number of halogens is 1. The van der Waals surface area contributed by atoms with E-state index in [1.807, 2.05) is 0 Å². The van der Waals surface area contributed by atoms with E-state index in [9.17, 15) is 4.91 Å². The van der Waals surface area contributed by atoms with Gasteiger partial charge < -0.3 is 0 Å². The average molecular weight is 108 g/mol. The highest BCUT2D eigenvalue weighted by Gasteiger charge is 2.10. The van der Waals surface area contributed by atoms with Crippen LogP contribution in [0.15, 0.2) is 5.18 Å². The van der Waals surface area contributed by atoms with E-state index < -0.39 is 5.00 Å². The van der Waals surface area contributed by atoms with Crippen molar-refractivity contribution in [3.8, 4) is 0 Å². The maximum absolute atomic E-state index is 9.44. The first kappa shape index (κ1) is 5.89. The van der Waals surface area contributed by atoms with Crippen LogP contribution in [0.2, 0.25) is 0 Å². The number of hydrogen-bond acceptors (Lipinski definition) is 2. The van der Waals surface area contributed by atoms with E-state index in [1.165, 1.54) is 13.8 Å². The van der Waals surface area contributed by atoms with Gasteiger partial charge in [0.15, 0.2) is 5.00 Å². The Bertz CT molecular complexity index is 56.3. The smallest absolute Gasteiger partial charge is 0.149 e. The summed E-state index contributed by atoms with van der Waals surface area (Å²) in [5.41, 5.74) is 0. The first-order valence-electron chi connectivity index (χ1n) is 1.60. The van der Waals surface area contributed by atoms with Gasteiger partial charge >= 0.3 is 0 Å². The third-order valence-electron chi connectivity index (χ3n) is 0.217. The summed E-state index contributed by atoms with van der Waals surface area (Å²) in [6, 6.07) is 0. The molecular weight excluding hydrogens is 101 g/mol. The minimum Gasteiger partial charge on any atom is -0.149 e. The molecule has 0 aliphatic rings. The quantitative estimate of drug-likeness (QED) is 0.285. The second-order valence-corrected chi connectivity index (χ2v) is 2.43. The van der Waals surface area contributed by atoms with Gasteiger partial charge in [0.25, 0.3) is 0 Å². The van der Waals surface area contributed by atoms with Crippen molar-refractivity contribution in [1.82, 2.24) is 0 Å². The molecule has 36 valence electrons. The summed E-state index contributed by atoms with van der Waals surface area (Å²) in [6.45, 7) is 3.06. The van der Waals surface area contributed by atoms with E-state index in [2.05, 4.69) is 5.18 Å². The van der Waals surface area contributed by atoms with Gasteiger partial charge in [0.1, 0.15) is 0 Å². The van der Waals surface area contributed by atoms with Crippen molar-refractivity contribution in [3.05, 3.63) is 4.91 Å². The second-order valence-electron chi connectivity index (χ2n) is 1.50. The van der Waals surface area contributed by atoms with Crippen LogP contribution in [0.4, 0.5) is 0 Å². The molecule has 2 nitrogen and oxygen atoms in total. The van der Waals surface area contributed by atoms with Gasteiger partial charge in [-0.15, -0.1) is 4.91 Å². The predicted octanol–water partition coefficient (Wildman–Crippen LogP) is 1.73. The van der Waals surface area contributed by atoms with Gasteiger partial charge in [0, 0.05) is 0 Å². The summed E-state index contributed by atoms with van der Waals surface area (Å²) < 4.78 is 0. The molecule has 0 aliphatic carbocycles. The third-order valence-corrected chi connectivity index (χ3v) is 0.286. The van der Waals surface area contributed by atoms with E-state index in [-0.39, 0.29) is 0 Å². The zero-order valence-electron chi connectivity index (χ0n) is 3.73. The molecule has 0 saturated carbocycles. The van der Waals surface area contributed by atoms with Crippen LogP contribution in [0.3, 0.4) is 0 Å². The lowest BCUT2D eigenvalue weighted by molar-refractivity contribution is 0.738. The summed E-state index contributed by atoms with van der Waals surface area (Å²) in [6.07, 6.45) is 0. The van der Waals surface area contributed by atoms with E-state index in [0.29, 0.717) is 0 Å². The Balaban J connectivity index is 3.45. The van der Waals surface area contributed by atoms with Crippen molar-refractivity contribution in [2.24, 2.45) is 5.18 Å². The summed E-state index contributed by atoms with van der Waals surface area (Å²) in [5, 5.41) is 2.54. The van der Waals surface area contributed by atoms with Crippen LogP contribution in [-0.2, 0) is 0 Å². The van der Waals surface area contributed by atoms with E-state index in [0.717, 1.165) is 0 Å². The Morgan fingerprint density at radius 3 is 1.83 bits per heavy atom. The van der Waals surface area contributed by atoms with Crippen molar-refractivity contribution in [1.29, 1.82) is 0 Å². The first-order valence-corrected chi connectivity index (χ1v) is 1.97. The maximum Gasteiger partial charge on any atom is 0.170 e. The molecule has 0 aromatic heterocycles. The molecule has 0 aromatic rings. The van der Waals surface area contributed by atoms with Gasteiger partial charge in [0.05, 0.1) is 0 Å². The minimum atomic E-state index is -0.917. The number of alkyl halides is 1. The molecule has 0 atom stereocenters. The van der Waals surface area contributed by atoms with Gasteiger partial charge in [-0.05, 0) is 19.0 Å². The molecule has 0 spiro atoms. The summed E-state index contributed by atoms with van der Waals surface area (Å²) in [7, 11) is 0. The topological polar surface area (TPSA) is 29.4 Å². The van der Waals surface area contributed by atoms with Crippen LogP contribution < -0.4 is 0 Å². The summed E-state index contributed by atoms with van der Waals surface area (Å²) in [4.78, 5) is 8.53. The van der Waals surface area contributed by atoms with Crippen LogP contribution in [0.25, 0.3) is 0 Å². The van der Waals surface area contributed by atoms with Crippen LogP contribution in [0.5, 0.6) is 0 Å². The fourth-order valence-electron chi connectivity index (χ4n) is 0. The Morgan fingerprint density at radius 1 is 1.67 bits per heavy atom. The molecule has 6 heavy (non-hydrogen) atoms. The zero-order valence-corrected chi connectivity index (χ0v) is 4.49. The van der Waals surface area contributed by atoms with E-state index >= 15 is 0 Å². The SMILES string of the molecule is CC(C)(Cl)N=O. The van der Waals surface area contributed by atoms with E-state index in [4.69, 9.17) is 11.6 Å². The van der Waals surface area contributed by atoms with Crippen LogP contribution in [0, 0.1) is 4.91 Å². The van der Waals surface area contributed by atoms with Crippen molar-refractivity contribution in [2.75, 3.05) is 0 Å². The molecular formula is C3H6ClNO. The predicted molar refractivity (Wildman–Crippen MR) is 25.7 cm³/mol. The second kappa shape index (κ2) is 1.56. The number of nitrogens with zero attached hydrogens (tertiary/aromatic N) is 1. The molecule has 3 heteroatoms. The highest BCUT2D eigenvalue weighted by molar-refractivity contribution is 6.23. The van der Waals surface area contributed by atoms with Crippen LogP contribution >= 0.6 is 11.6 Å². The Kier molecular flexibility index (Phi) is 1.53. The van der Waals surface area contributed by atoms with Crippen molar-refractivity contribution in [3.63, 3.8) is 0 Å². The minimum absolute atomic E-state index is 0.917. The average Bonchev–Trinajstić information content (AvgIpc) is 1.35. The Labute approximate surface area is 41.5 Å². The molecule has 0 fully saturated rings. The van der Waals surface area contributed by atoms with Crippen molar-refractivity contribution < 1.29 is 0 Å². The summed E-state index contributed by atoms with van der Waals surface area (Å²) >= 11 is 5.24. The maximum atomic E-state index is 9.44. The van der Waals surface area contributed by atoms with Gasteiger partial charge in [0.2, 0.25) is 0 Å². The molecule has 0 N–H and O–H groups in total. The van der Waals surface area contributed by atoms with Crippen LogP contribution in [-0.4, -0.2) is 5.00 Å². The molecule has 0 bridgehead atoms. The lowest BCUT2D eigenvalue weighted by Gasteiger charge is -1.98. The molecule has 0 rings (SSSR count). The van der Waals surface area contributed by atoms with Gasteiger partial charge in [-0.25, -0.2) is 0 Å². The lowest BCUT2D eigenvalue weighted by atomic mass is 10.4. The summed E-state index contributed by atoms with van der Waals surface area (Å²) in [5.74, 6) is 0. The van der Waals surface area contributed by atoms with Crippen molar-refractivity contribution in [2.45, 2.75) is 18.8 Å². The monoisotopic (exact) mass is 107 g/mol. The first-order chi connectivity index (χ1) is 2.56. The Hall–Kier alpha value is -0.110. The van der Waals surface area contributed by atoms with Gasteiger partial charge in [-0.2, -0.15) is 0 Å².